The van der Waals surface area contributed by atoms with Crippen LogP contribution in [0.15, 0.2) is 58.3 Å². The van der Waals surface area contributed by atoms with E-state index in [1.54, 1.807) is 10.6 Å². The molecule has 0 aliphatic carbocycles. The van der Waals surface area contributed by atoms with Gasteiger partial charge >= 0.3 is 24.2 Å². The average Bonchev–Trinajstić information content (AvgIpc) is 2.60. The fourth-order valence-electron chi connectivity index (χ4n) is 1.76. The smallest absolute Gasteiger partial charge is 0.317 e. The molecule has 0 atom stereocenters. The summed E-state index contributed by atoms with van der Waals surface area (Å²) in [5.41, 5.74) is -0.224. The molecule has 2 aromatic rings. The first-order valence-electron chi connectivity index (χ1n) is 7.27. The summed E-state index contributed by atoms with van der Waals surface area (Å²) < 4.78 is 74.6. The van der Waals surface area contributed by atoms with Crippen molar-refractivity contribution in [3.63, 3.8) is 0 Å². The molecule has 0 aliphatic heterocycles. The second kappa shape index (κ2) is 8.78. The molecule has 0 aliphatic rings. The summed E-state index contributed by atoms with van der Waals surface area (Å²) in [5, 5.41) is 3.47. The van der Waals surface area contributed by atoms with Gasteiger partial charge in [-0.3, -0.25) is 9.59 Å². The number of anilines is 2. The van der Waals surface area contributed by atoms with E-state index in [1.807, 2.05) is 0 Å². The number of hydrogen-bond donors (Lipinski definition) is 2. The molecule has 0 spiro atoms. The number of rotatable bonds is 5. The zero-order chi connectivity index (χ0) is 20.9. The lowest BCUT2D eigenvalue weighted by Crippen LogP contribution is -2.30. The van der Waals surface area contributed by atoms with Crippen molar-refractivity contribution in [2.24, 2.45) is 0 Å². The first kappa shape index (κ1) is 22.0. The molecule has 2 rings (SSSR count). The molecule has 2 aromatic carbocycles. The van der Waals surface area contributed by atoms with Gasteiger partial charge < -0.3 is 10.6 Å². The third-order valence-electron chi connectivity index (χ3n) is 3.01. The molecule has 0 heterocycles. The van der Waals surface area contributed by atoms with Crippen LogP contribution in [0.3, 0.4) is 0 Å². The number of para-hydroxylation sites is 2. The SMILES string of the molecule is O=C(Nc1ccccc1SSc1ccccc1NC(=O)C(F)(F)F)C(F)(F)F. The molecule has 0 bridgehead atoms. The Morgan fingerprint density at radius 2 is 0.964 bits per heavy atom. The van der Waals surface area contributed by atoms with Crippen molar-refractivity contribution >= 4 is 44.8 Å². The van der Waals surface area contributed by atoms with Gasteiger partial charge in [-0.25, -0.2) is 0 Å². The minimum Gasteiger partial charge on any atom is -0.317 e. The van der Waals surface area contributed by atoms with Crippen molar-refractivity contribution in [2.75, 3.05) is 10.6 Å². The molecule has 0 saturated heterocycles. The molecular formula is C16H10F6N2O2S2. The van der Waals surface area contributed by atoms with Gasteiger partial charge in [-0.2, -0.15) is 26.3 Å². The third kappa shape index (κ3) is 6.09. The van der Waals surface area contributed by atoms with Gasteiger partial charge in [0, 0.05) is 9.79 Å². The Labute approximate surface area is 162 Å². The molecule has 2 amide bonds. The maximum Gasteiger partial charge on any atom is 0.471 e. The summed E-state index contributed by atoms with van der Waals surface area (Å²) in [4.78, 5) is 22.7. The van der Waals surface area contributed by atoms with Gasteiger partial charge in [0.1, 0.15) is 0 Å². The average molecular weight is 440 g/mol. The van der Waals surface area contributed by atoms with Crippen LogP contribution in [-0.4, -0.2) is 24.2 Å². The van der Waals surface area contributed by atoms with Crippen LogP contribution < -0.4 is 10.6 Å². The van der Waals surface area contributed by atoms with Crippen molar-refractivity contribution in [3.05, 3.63) is 48.5 Å². The van der Waals surface area contributed by atoms with E-state index in [2.05, 4.69) is 0 Å². The van der Waals surface area contributed by atoms with Gasteiger partial charge in [0.25, 0.3) is 0 Å². The number of alkyl halides is 6. The summed E-state index contributed by atoms with van der Waals surface area (Å²) in [7, 11) is 1.81. The lowest BCUT2D eigenvalue weighted by Gasteiger charge is -2.13. The van der Waals surface area contributed by atoms with Gasteiger partial charge in [0.15, 0.2) is 0 Å². The van der Waals surface area contributed by atoms with Crippen molar-refractivity contribution < 1.29 is 35.9 Å². The van der Waals surface area contributed by atoms with E-state index in [4.69, 9.17) is 0 Å². The molecule has 0 saturated carbocycles. The predicted molar refractivity (Wildman–Crippen MR) is 94.0 cm³/mol. The van der Waals surface area contributed by atoms with E-state index < -0.39 is 24.2 Å². The first-order chi connectivity index (χ1) is 13.0. The molecule has 0 aromatic heterocycles. The number of nitrogens with one attached hydrogen (secondary N) is 2. The van der Waals surface area contributed by atoms with Crippen molar-refractivity contribution in [2.45, 2.75) is 22.1 Å². The lowest BCUT2D eigenvalue weighted by atomic mass is 10.3. The maximum absolute atomic E-state index is 12.4. The number of amides is 2. The van der Waals surface area contributed by atoms with Gasteiger partial charge in [-0.05, 0) is 24.3 Å². The number of benzene rings is 2. The van der Waals surface area contributed by atoms with E-state index in [1.165, 1.54) is 48.5 Å². The lowest BCUT2D eigenvalue weighted by molar-refractivity contribution is -0.167. The largest absolute Gasteiger partial charge is 0.471 e. The highest BCUT2D eigenvalue weighted by molar-refractivity contribution is 8.76. The molecule has 12 heteroatoms. The molecule has 0 fully saturated rings. The molecule has 0 radical (unpaired) electrons. The Morgan fingerprint density at radius 1 is 0.643 bits per heavy atom. The van der Waals surface area contributed by atoms with Gasteiger partial charge in [-0.15, -0.1) is 0 Å². The van der Waals surface area contributed by atoms with E-state index in [0.29, 0.717) is 0 Å². The maximum atomic E-state index is 12.4. The minimum absolute atomic E-state index is 0.112. The number of halogens is 6. The van der Waals surface area contributed by atoms with Crippen LogP contribution in [0.4, 0.5) is 37.7 Å². The van der Waals surface area contributed by atoms with Crippen molar-refractivity contribution in [1.82, 2.24) is 0 Å². The summed E-state index contributed by atoms with van der Waals surface area (Å²) in [5.74, 6) is -4.30. The summed E-state index contributed by atoms with van der Waals surface area (Å²) in [6, 6.07) is 11.2. The normalized spacial score (nSPS) is 11.8. The number of carbonyl (C=O) groups is 2. The second-order valence-electron chi connectivity index (χ2n) is 5.06. The van der Waals surface area contributed by atoms with E-state index in [0.717, 1.165) is 21.6 Å². The molecule has 28 heavy (non-hydrogen) atoms. The Hall–Kier alpha value is -2.34. The minimum atomic E-state index is -5.07. The Morgan fingerprint density at radius 3 is 1.29 bits per heavy atom. The van der Waals surface area contributed by atoms with Gasteiger partial charge in [0.2, 0.25) is 0 Å². The van der Waals surface area contributed by atoms with E-state index in [9.17, 15) is 35.9 Å². The van der Waals surface area contributed by atoms with Crippen LogP contribution >= 0.6 is 21.6 Å². The topological polar surface area (TPSA) is 58.2 Å². The third-order valence-corrected chi connectivity index (χ3v) is 5.49. The van der Waals surface area contributed by atoms with Crippen molar-refractivity contribution in [3.8, 4) is 0 Å². The Bertz CT molecular complexity index is 799. The van der Waals surface area contributed by atoms with Crippen LogP contribution in [0.2, 0.25) is 0 Å². The van der Waals surface area contributed by atoms with Crippen LogP contribution in [0.1, 0.15) is 0 Å². The zero-order valence-corrected chi connectivity index (χ0v) is 15.2. The highest BCUT2D eigenvalue weighted by Gasteiger charge is 2.39. The fourth-order valence-corrected chi connectivity index (χ4v) is 4.04. The predicted octanol–water partition coefficient (Wildman–Crippen LogP) is 5.49. The Balaban J connectivity index is 2.16. The van der Waals surface area contributed by atoms with Crippen LogP contribution in [0, 0.1) is 0 Å². The fraction of sp³-hybridized carbons (Fsp3) is 0.125. The molecule has 150 valence electrons. The highest BCUT2D eigenvalue weighted by atomic mass is 33.1. The molecule has 4 nitrogen and oxygen atoms in total. The standard InChI is InChI=1S/C16H10F6N2O2S2/c17-15(18,19)13(25)23-9-5-1-3-7-11(9)27-28-12-8-4-2-6-10(12)24-14(26)16(20,21)22/h1-8H,(H,23,25)(H,24,26). The van der Waals surface area contributed by atoms with Gasteiger partial charge in [-0.1, -0.05) is 45.9 Å². The molecule has 0 unspecified atom stereocenters. The summed E-state index contributed by atoms with van der Waals surface area (Å²) in [6.07, 6.45) is -10.1. The second-order valence-corrected chi connectivity index (χ2v) is 7.28. The molecular weight excluding hydrogens is 430 g/mol. The monoisotopic (exact) mass is 440 g/mol. The van der Waals surface area contributed by atoms with Crippen LogP contribution in [0.5, 0.6) is 0 Å². The quantitative estimate of drug-likeness (QED) is 0.477. The summed E-state index contributed by atoms with van der Waals surface area (Å²) >= 11 is 0. The van der Waals surface area contributed by atoms with Gasteiger partial charge in [0.05, 0.1) is 11.4 Å². The first-order valence-corrected chi connectivity index (χ1v) is 9.42. The number of hydrogen-bond acceptors (Lipinski definition) is 4. The van der Waals surface area contributed by atoms with Crippen molar-refractivity contribution in [1.29, 1.82) is 0 Å². The van der Waals surface area contributed by atoms with Crippen LogP contribution in [0.25, 0.3) is 0 Å². The summed E-state index contributed by atoms with van der Waals surface area (Å²) in [6.45, 7) is 0. The zero-order valence-electron chi connectivity index (χ0n) is 13.5. The van der Waals surface area contributed by atoms with E-state index >= 15 is 0 Å². The van der Waals surface area contributed by atoms with E-state index in [-0.39, 0.29) is 21.2 Å². The molecule has 2 N–H and O–H groups in total. The Kier molecular flexibility index (Phi) is 6.88. The number of carbonyl (C=O) groups excluding carboxylic acids is 2. The van der Waals surface area contributed by atoms with Crippen LogP contribution in [-0.2, 0) is 9.59 Å². The highest BCUT2D eigenvalue weighted by Crippen LogP contribution is 2.43.